The molecule has 2 N–H and O–H groups in total. The molecule has 1 saturated carbocycles. The summed E-state index contributed by atoms with van der Waals surface area (Å²) in [7, 11) is 1.61. The summed E-state index contributed by atoms with van der Waals surface area (Å²) < 4.78 is 12.8. The first-order valence-electron chi connectivity index (χ1n) is 13.7. The molecule has 1 aromatic heterocycles. The zero-order valence-corrected chi connectivity index (χ0v) is 24.1. The smallest absolute Gasteiger partial charge is 0.310 e. The number of ether oxygens (including phenoxy) is 2. The maximum absolute atomic E-state index is 11.8. The lowest BCUT2D eigenvalue weighted by atomic mass is 9.81. The van der Waals surface area contributed by atoms with Crippen molar-refractivity contribution in [2.45, 2.75) is 57.7 Å². The first kappa shape index (κ1) is 28.5. The number of nitrogens with zero attached hydrogens (tertiary/aromatic N) is 2. The monoisotopic (exact) mass is 586 g/mol. The molecule has 0 amide bonds. The van der Waals surface area contributed by atoms with Gasteiger partial charge in [-0.15, -0.1) is 0 Å². The fourth-order valence-corrected chi connectivity index (χ4v) is 6.95. The molecule has 8 nitrogen and oxygen atoms in total. The molecule has 2 aliphatic rings. The highest BCUT2D eigenvalue weighted by atomic mass is 35.5. The van der Waals surface area contributed by atoms with E-state index in [1.54, 1.807) is 7.11 Å². The second kappa shape index (κ2) is 12.7. The highest BCUT2D eigenvalue weighted by molar-refractivity contribution is 7.07. The summed E-state index contributed by atoms with van der Waals surface area (Å²) in [4.78, 5) is 25.6. The molecule has 2 aromatic carbocycles. The SMILES string of the molecule is COc1cc(CN(CC2CCC(C(=O)O)CC2)C2CCc3cc(Cl)ccc32)ccc1OCCn1c(O)csc1=O. The van der Waals surface area contributed by atoms with Crippen molar-refractivity contribution >= 4 is 28.9 Å². The van der Waals surface area contributed by atoms with E-state index in [-0.39, 0.29) is 35.9 Å². The second-order valence-electron chi connectivity index (χ2n) is 10.7. The summed E-state index contributed by atoms with van der Waals surface area (Å²) in [5, 5.41) is 21.4. The Balaban J connectivity index is 1.31. The molecule has 2 aliphatic carbocycles. The van der Waals surface area contributed by atoms with Crippen LogP contribution in [0, 0.1) is 11.8 Å². The maximum atomic E-state index is 11.8. The van der Waals surface area contributed by atoms with Crippen molar-refractivity contribution in [2.75, 3.05) is 20.3 Å². The number of carbonyl (C=O) groups is 1. The van der Waals surface area contributed by atoms with Crippen LogP contribution in [-0.2, 0) is 24.3 Å². The number of fused-ring (bicyclic) bond motifs is 1. The van der Waals surface area contributed by atoms with Crippen molar-refractivity contribution in [2.24, 2.45) is 11.8 Å². The Morgan fingerprint density at radius 2 is 1.93 bits per heavy atom. The van der Waals surface area contributed by atoms with E-state index in [2.05, 4.69) is 17.0 Å². The van der Waals surface area contributed by atoms with Gasteiger partial charge in [0.05, 0.1) is 25.0 Å². The lowest BCUT2D eigenvalue weighted by Crippen LogP contribution is -2.34. The molecular formula is C30H35ClN2O6S. The first-order valence-corrected chi connectivity index (χ1v) is 15.0. The number of aromatic nitrogens is 1. The standard InChI is InChI=1S/C30H35ClN2O6S/c1-38-27-14-20(4-11-26(27)39-13-12-33-28(34)18-40-30(33)37)17-32(16-19-2-5-21(6-3-19)29(35)36)25-10-7-22-15-23(31)8-9-24(22)25/h4,8-9,11,14-15,18-19,21,25,34H,2-3,5-7,10,12-13,16-17H2,1H3,(H,35,36). The molecule has 0 aliphatic heterocycles. The zero-order valence-electron chi connectivity index (χ0n) is 22.6. The summed E-state index contributed by atoms with van der Waals surface area (Å²) in [6, 6.07) is 12.4. The van der Waals surface area contributed by atoms with Gasteiger partial charge in [-0.05, 0) is 85.4 Å². The van der Waals surface area contributed by atoms with Crippen LogP contribution in [0.1, 0.15) is 54.8 Å². The maximum Gasteiger partial charge on any atom is 0.310 e. The van der Waals surface area contributed by atoms with Gasteiger partial charge in [-0.3, -0.25) is 19.1 Å². The fourth-order valence-electron chi connectivity index (χ4n) is 6.11. The third kappa shape index (κ3) is 6.48. The lowest BCUT2D eigenvalue weighted by molar-refractivity contribution is -0.143. The average Bonchev–Trinajstić information content (AvgIpc) is 3.51. The Morgan fingerprint density at radius 1 is 1.12 bits per heavy atom. The van der Waals surface area contributed by atoms with Crippen molar-refractivity contribution in [3.05, 3.63) is 73.2 Å². The van der Waals surface area contributed by atoms with E-state index in [0.717, 1.165) is 73.5 Å². The predicted molar refractivity (Wildman–Crippen MR) is 155 cm³/mol. The van der Waals surface area contributed by atoms with Gasteiger partial charge in [-0.2, -0.15) is 0 Å². The van der Waals surface area contributed by atoms with Gasteiger partial charge in [0.25, 0.3) is 0 Å². The number of hydrogen-bond acceptors (Lipinski definition) is 7. The number of thiazole rings is 1. The molecule has 0 bridgehead atoms. The van der Waals surface area contributed by atoms with Crippen molar-refractivity contribution in [3.63, 3.8) is 0 Å². The molecule has 10 heteroatoms. The molecule has 1 atom stereocenters. The fraction of sp³-hybridized carbons (Fsp3) is 0.467. The minimum atomic E-state index is -0.675. The van der Waals surface area contributed by atoms with Gasteiger partial charge in [0.1, 0.15) is 6.61 Å². The highest BCUT2D eigenvalue weighted by Gasteiger charge is 2.32. The van der Waals surface area contributed by atoms with Crippen LogP contribution < -0.4 is 14.3 Å². The molecular weight excluding hydrogens is 552 g/mol. The van der Waals surface area contributed by atoms with E-state index >= 15 is 0 Å². The van der Waals surface area contributed by atoms with E-state index in [1.165, 1.54) is 21.1 Å². The molecule has 5 rings (SSSR count). The van der Waals surface area contributed by atoms with Gasteiger partial charge in [-0.1, -0.05) is 35.1 Å². The van der Waals surface area contributed by atoms with Crippen LogP contribution >= 0.6 is 22.9 Å². The van der Waals surface area contributed by atoms with Gasteiger partial charge in [-0.25, -0.2) is 0 Å². The highest BCUT2D eigenvalue weighted by Crippen LogP contribution is 2.40. The van der Waals surface area contributed by atoms with Crippen molar-refractivity contribution in [1.82, 2.24) is 9.47 Å². The predicted octanol–water partition coefficient (Wildman–Crippen LogP) is 5.74. The van der Waals surface area contributed by atoms with E-state index in [4.69, 9.17) is 21.1 Å². The average molecular weight is 587 g/mol. The normalized spacial score (nSPS) is 20.4. The topological polar surface area (TPSA) is 101 Å². The van der Waals surface area contributed by atoms with Crippen LogP contribution in [-0.4, -0.2) is 45.9 Å². The van der Waals surface area contributed by atoms with Crippen LogP contribution in [0.15, 0.2) is 46.6 Å². The number of benzene rings is 2. The molecule has 40 heavy (non-hydrogen) atoms. The summed E-state index contributed by atoms with van der Waals surface area (Å²) >= 11 is 7.24. The van der Waals surface area contributed by atoms with Gasteiger partial charge in [0.15, 0.2) is 11.5 Å². The minimum Gasteiger partial charge on any atom is -0.494 e. The summed E-state index contributed by atoms with van der Waals surface area (Å²) in [5.41, 5.74) is 3.72. The molecule has 214 valence electrons. The van der Waals surface area contributed by atoms with E-state index < -0.39 is 5.97 Å². The van der Waals surface area contributed by atoms with Gasteiger partial charge < -0.3 is 19.7 Å². The number of aliphatic carboxylic acids is 1. The van der Waals surface area contributed by atoms with Crippen LogP contribution in [0.5, 0.6) is 17.4 Å². The summed E-state index contributed by atoms with van der Waals surface area (Å²) in [6.07, 6.45) is 5.33. The van der Waals surface area contributed by atoms with Crippen LogP contribution in [0.2, 0.25) is 5.02 Å². The van der Waals surface area contributed by atoms with E-state index in [0.29, 0.717) is 17.4 Å². The van der Waals surface area contributed by atoms with Crippen LogP contribution in [0.4, 0.5) is 0 Å². The molecule has 0 spiro atoms. The Hall–Kier alpha value is -3.01. The Bertz CT molecular complexity index is 1400. The number of rotatable bonds is 11. The molecule has 3 aromatic rings. The molecule has 1 fully saturated rings. The summed E-state index contributed by atoms with van der Waals surface area (Å²) in [5.74, 6) is 0.679. The lowest BCUT2D eigenvalue weighted by Gasteiger charge is -2.35. The van der Waals surface area contributed by atoms with Crippen LogP contribution in [0.3, 0.4) is 0 Å². The first-order chi connectivity index (χ1) is 19.3. The van der Waals surface area contributed by atoms with E-state index in [1.807, 2.05) is 24.3 Å². The number of carboxylic acids is 1. The van der Waals surface area contributed by atoms with E-state index in [9.17, 15) is 19.8 Å². The van der Waals surface area contributed by atoms with Crippen molar-refractivity contribution < 1.29 is 24.5 Å². The number of aryl methyl sites for hydroxylation is 1. The Labute approximate surface area is 242 Å². The number of hydrogen-bond donors (Lipinski definition) is 2. The van der Waals surface area contributed by atoms with Gasteiger partial charge >= 0.3 is 10.8 Å². The number of methoxy groups -OCH3 is 1. The summed E-state index contributed by atoms with van der Waals surface area (Å²) in [6.45, 7) is 2.08. The number of carboxylic acid groups (broad SMARTS) is 1. The molecule has 0 radical (unpaired) electrons. The Kier molecular flexibility index (Phi) is 9.03. The minimum absolute atomic E-state index is 0.0618. The third-order valence-corrected chi connectivity index (χ3v) is 9.21. The Morgan fingerprint density at radius 3 is 2.62 bits per heavy atom. The molecule has 1 unspecified atom stereocenters. The molecule has 0 saturated heterocycles. The zero-order chi connectivity index (χ0) is 28.2. The van der Waals surface area contributed by atoms with Crippen LogP contribution in [0.25, 0.3) is 0 Å². The van der Waals surface area contributed by atoms with Crippen molar-refractivity contribution in [1.29, 1.82) is 0 Å². The largest absolute Gasteiger partial charge is 0.494 e. The van der Waals surface area contributed by atoms with Crippen molar-refractivity contribution in [3.8, 4) is 17.4 Å². The number of halogens is 1. The van der Waals surface area contributed by atoms with Gasteiger partial charge in [0, 0.05) is 24.2 Å². The molecule has 1 heterocycles. The number of aromatic hydroxyl groups is 1. The second-order valence-corrected chi connectivity index (χ2v) is 12.0. The third-order valence-electron chi connectivity index (χ3n) is 8.23. The van der Waals surface area contributed by atoms with Gasteiger partial charge in [0.2, 0.25) is 5.88 Å². The quantitative estimate of drug-likeness (QED) is 0.295.